The lowest BCUT2D eigenvalue weighted by molar-refractivity contribution is -0.153. The highest BCUT2D eigenvalue weighted by Gasteiger charge is 2.18. The van der Waals surface area contributed by atoms with Gasteiger partial charge < -0.3 is 24.5 Å². The molecule has 1 aromatic carbocycles. The number of anilines is 1. The molecule has 138 valence electrons. The number of hydrogen-bond acceptors (Lipinski definition) is 6. The van der Waals surface area contributed by atoms with Crippen molar-refractivity contribution in [2.24, 2.45) is 0 Å². The third kappa shape index (κ3) is 5.66. The zero-order valence-corrected chi connectivity index (χ0v) is 14.5. The highest BCUT2D eigenvalue weighted by Crippen LogP contribution is 2.15. The van der Waals surface area contributed by atoms with E-state index in [1.807, 2.05) is 0 Å². The van der Waals surface area contributed by atoms with Crippen LogP contribution in [0.4, 0.5) is 5.69 Å². The number of nitrogens with one attached hydrogen (secondary N) is 2. The van der Waals surface area contributed by atoms with Gasteiger partial charge in [0.05, 0.1) is 19.8 Å². The van der Waals surface area contributed by atoms with Crippen LogP contribution in [-0.4, -0.2) is 37.5 Å². The number of furan rings is 1. The second-order valence-electron chi connectivity index (χ2n) is 5.33. The van der Waals surface area contributed by atoms with Gasteiger partial charge in [0, 0.05) is 12.2 Å². The number of hydrogen-bond donors (Lipinski definition) is 2. The van der Waals surface area contributed by atoms with Crippen molar-refractivity contribution < 1.29 is 28.3 Å². The molecule has 2 aromatic rings. The molecule has 0 saturated carbocycles. The first kappa shape index (κ1) is 19.0. The van der Waals surface area contributed by atoms with Crippen molar-refractivity contribution >= 4 is 23.5 Å². The standard InChI is InChI=1S/C18H20N2O6/c1-12(17(22)20-13-5-7-14(24-2)8-6-13)26-16(21)9-10-19-18(23)15-4-3-11-25-15/h3-8,11-12H,9-10H2,1-2H3,(H,19,23)(H,20,22). The Labute approximate surface area is 150 Å². The van der Waals surface area contributed by atoms with E-state index in [1.54, 1.807) is 37.4 Å². The summed E-state index contributed by atoms with van der Waals surface area (Å²) in [4.78, 5) is 35.4. The molecule has 0 saturated heterocycles. The Bertz CT molecular complexity index is 740. The van der Waals surface area contributed by atoms with Gasteiger partial charge in [-0.2, -0.15) is 0 Å². The van der Waals surface area contributed by atoms with E-state index in [0.717, 1.165) is 0 Å². The average molecular weight is 360 g/mol. The molecule has 8 nitrogen and oxygen atoms in total. The molecule has 1 atom stereocenters. The molecular weight excluding hydrogens is 340 g/mol. The summed E-state index contributed by atoms with van der Waals surface area (Å²) in [6.45, 7) is 1.55. The first-order valence-corrected chi connectivity index (χ1v) is 7.95. The van der Waals surface area contributed by atoms with Crippen molar-refractivity contribution in [3.05, 3.63) is 48.4 Å². The molecule has 8 heteroatoms. The molecule has 2 rings (SSSR count). The molecule has 1 unspecified atom stereocenters. The first-order valence-electron chi connectivity index (χ1n) is 7.95. The van der Waals surface area contributed by atoms with Gasteiger partial charge in [-0.1, -0.05) is 0 Å². The average Bonchev–Trinajstić information content (AvgIpc) is 3.17. The largest absolute Gasteiger partial charge is 0.497 e. The number of benzene rings is 1. The molecule has 1 heterocycles. The van der Waals surface area contributed by atoms with Gasteiger partial charge in [-0.3, -0.25) is 14.4 Å². The van der Waals surface area contributed by atoms with Gasteiger partial charge in [0.2, 0.25) is 0 Å². The fourth-order valence-electron chi connectivity index (χ4n) is 2.00. The Morgan fingerprint density at radius 1 is 1.15 bits per heavy atom. The minimum absolute atomic E-state index is 0.0629. The summed E-state index contributed by atoms with van der Waals surface area (Å²) in [6, 6.07) is 9.86. The molecule has 0 aliphatic carbocycles. The highest BCUT2D eigenvalue weighted by atomic mass is 16.5. The van der Waals surface area contributed by atoms with E-state index in [1.165, 1.54) is 19.3 Å². The van der Waals surface area contributed by atoms with Gasteiger partial charge in [-0.25, -0.2) is 0 Å². The maximum absolute atomic E-state index is 12.0. The second kappa shape index (κ2) is 9.26. The van der Waals surface area contributed by atoms with Crippen LogP contribution in [0.3, 0.4) is 0 Å². The zero-order valence-electron chi connectivity index (χ0n) is 14.5. The Morgan fingerprint density at radius 2 is 1.88 bits per heavy atom. The molecule has 2 amide bonds. The Kier molecular flexibility index (Phi) is 6.78. The van der Waals surface area contributed by atoms with E-state index < -0.39 is 23.9 Å². The smallest absolute Gasteiger partial charge is 0.308 e. The van der Waals surface area contributed by atoms with Gasteiger partial charge >= 0.3 is 5.97 Å². The molecule has 0 radical (unpaired) electrons. The van der Waals surface area contributed by atoms with Crippen molar-refractivity contribution in [1.29, 1.82) is 0 Å². The molecule has 0 aliphatic rings. The van der Waals surface area contributed by atoms with E-state index in [0.29, 0.717) is 11.4 Å². The number of ether oxygens (including phenoxy) is 2. The molecule has 2 N–H and O–H groups in total. The van der Waals surface area contributed by atoms with Gasteiger partial charge in [0.15, 0.2) is 11.9 Å². The first-order chi connectivity index (χ1) is 12.5. The second-order valence-corrected chi connectivity index (χ2v) is 5.33. The fourth-order valence-corrected chi connectivity index (χ4v) is 2.00. The summed E-state index contributed by atoms with van der Waals surface area (Å²) < 4.78 is 15.0. The molecular formula is C18H20N2O6. The maximum Gasteiger partial charge on any atom is 0.308 e. The lowest BCUT2D eigenvalue weighted by atomic mass is 10.3. The molecule has 26 heavy (non-hydrogen) atoms. The SMILES string of the molecule is COc1ccc(NC(=O)C(C)OC(=O)CCNC(=O)c2ccco2)cc1. The van der Waals surface area contributed by atoms with Crippen LogP contribution in [0.25, 0.3) is 0 Å². The van der Waals surface area contributed by atoms with Crippen molar-refractivity contribution in [2.45, 2.75) is 19.4 Å². The van der Waals surface area contributed by atoms with Crippen molar-refractivity contribution in [1.82, 2.24) is 5.32 Å². The highest BCUT2D eigenvalue weighted by molar-refractivity contribution is 5.95. The van der Waals surface area contributed by atoms with E-state index in [-0.39, 0.29) is 18.7 Å². The van der Waals surface area contributed by atoms with Gasteiger partial charge in [0.25, 0.3) is 11.8 Å². The van der Waals surface area contributed by atoms with Crippen LogP contribution in [0.2, 0.25) is 0 Å². The minimum Gasteiger partial charge on any atom is -0.497 e. The zero-order chi connectivity index (χ0) is 18.9. The van der Waals surface area contributed by atoms with Crippen LogP contribution in [0.15, 0.2) is 47.1 Å². The van der Waals surface area contributed by atoms with Crippen molar-refractivity contribution in [2.75, 3.05) is 19.0 Å². The Hall–Kier alpha value is -3.29. The molecule has 0 spiro atoms. The van der Waals surface area contributed by atoms with Gasteiger partial charge in [-0.05, 0) is 43.3 Å². The molecule has 0 aliphatic heterocycles. The number of carbonyl (C=O) groups is 3. The van der Waals surface area contributed by atoms with Crippen LogP contribution in [0, 0.1) is 0 Å². The van der Waals surface area contributed by atoms with Crippen LogP contribution in [0.5, 0.6) is 5.75 Å². The van der Waals surface area contributed by atoms with Gasteiger partial charge in [0.1, 0.15) is 5.75 Å². The van der Waals surface area contributed by atoms with E-state index in [2.05, 4.69) is 10.6 Å². The van der Waals surface area contributed by atoms with Crippen LogP contribution in [0.1, 0.15) is 23.9 Å². The van der Waals surface area contributed by atoms with Gasteiger partial charge in [-0.15, -0.1) is 0 Å². The topological polar surface area (TPSA) is 107 Å². The number of rotatable bonds is 8. The molecule has 0 fully saturated rings. The number of amides is 2. The van der Waals surface area contributed by atoms with E-state index in [4.69, 9.17) is 13.9 Å². The Morgan fingerprint density at radius 3 is 2.50 bits per heavy atom. The number of esters is 1. The normalized spacial score (nSPS) is 11.3. The van der Waals surface area contributed by atoms with E-state index in [9.17, 15) is 14.4 Å². The summed E-state index contributed by atoms with van der Waals surface area (Å²) in [5.74, 6) is -0.650. The fraction of sp³-hybridized carbons (Fsp3) is 0.278. The third-order valence-electron chi connectivity index (χ3n) is 3.39. The monoisotopic (exact) mass is 360 g/mol. The lowest BCUT2D eigenvalue weighted by Crippen LogP contribution is -2.32. The molecule has 0 bridgehead atoms. The Balaban J connectivity index is 1.71. The summed E-state index contributed by atoms with van der Waals surface area (Å²) in [6.07, 6.45) is 0.351. The van der Waals surface area contributed by atoms with Crippen molar-refractivity contribution in [3.8, 4) is 5.75 Å². The third-order valence-corrected chi connectivity index (χ3v) is 3.39. The minimum atomic E-state index is -0.967. The predicted molar refractivity (Wildman–Crippen MR) is 92.8 cm³/mol. The summed E-state index contributed by atoms with van der Waals surface area (Å²) in [5, 5.41) is 5.16. The maximum atomic E-state index is 12.0. The quantitative estimate of drug-likeness (QED) is 0.697. The predicted octanol–water partition coefficient (Wildman–Crippen LogP) is 1.98. The number of methoxy groups -OCH3 is 1. The number of carbonyl (C=O) groups excluding carboxylic acids is 3. The lowest BCUT2D eigenvalue weighted by Gasteiger charge is -2.14. The van der Waals surface area contributed by atoms with E-state index >= 15 is 0 Å². The summed E-state index contributed by atoms with van der Waals surface area (Å²) >= 11 is 0. The van der Waals surface area contributed by atoms with Crippen LogP contribution in [-0.2, 0) is 14.3 Å². The molecule has 1 aromatic heterocycles. The summed E-state index contributed by atoms with van der Waals surface area (Å²) in [7, 11) is 1.55. The van der Waals surface area contributed by atoms with Crippen LogP contribution < -0.4 is 15.4 Å². The van der Waals surface area contributed by atoms with Crippen molar-refractivity contribution in [3.63, 3.8) is 0 Å². The van der Waals surface area contributed by atoms with Crippen LogP contribution >= 0.6 is 0 Å². The summed E-state index contributed by atoms with van der Waals surface area (Å²) in [5.41, 5.74) is 0.560.